The Kier molecular flexibility index (Phi) is 2.44. The van der Waals surface area contributed by atoms with Gasteiger partial charge in [-0.3, -0.25) is 4.79 Å². The molecule has 1 heterocycles. The van der Waals surface area contributed by atoms with Crippen molar-refractivity contribution < 1.29 is 15.0 Å². The van der Waals surface area contributed by atoms with Gasteiger partial charge in [-0.15, -0.1) is 5.10 Å². The first-order valence-corrected chi connectivity index (χ1v) is 4.90. The average Bonchev–Trinajstić information content (AvgIpc) is 2.49. The van der Waals surface area contributed by atoms with Crippen LogP contribution in [0.15, 0.2) is 6.20 Å². The summed E-state index contributed by atoms with van der Waals surface area (Å²) in [5.74, 6) is -1.00. The lowest BCUT2D eigenvalue weighted by Crippen LogP contribution is -2.32. The van der Waals surface area contributed by atoms with E-state index in [0.717, 1.165) is 0 Å². The molecule has 82 valence electrons. The lowest BCUT2D eigenvalue weighted by atomic mass is 9.80. The molecule has 15 heavy (non-hydrogen) atoms. The number of nitrogens with zero attached hydrogens (tertiary/aromatic N) is 3. The summed E-state index contributed by atoms with van der Waals surface area (Å²) in [6.07, 6.45) is 2.23. The summed E-state index contributed by atoms with van der Waals surface area (Å²) in [6, 6.07) is 0.117. The van der Waals surface area contributed by atoms with Crippen LogP contribution in [0.2, 0.25) is 0 Å². The number of carbonyl (C=O) groups is 1. The van der Waals surface area contributed by atoms with E-state index >= 15 is 0 Å². The maximum absolute atomic E-state index is 10.6. The van der Waals surface area contributed by atoms with Crippen molar-refractivity contribution in [2.75, 3.05) is 0 Å². The largest absolute Gasteiger partial charge is 0.481 e. The van der Waals surface area contributed by atoms with Crippen molar-refractivity contribution in [1.29, 1.82) is 0 Å². The number of carboxylic acids is 1. The molecule has 0 bridgehead atoms. The SMILES string of the molecule is CC(O)c1cn(C2CC(C(=O)O)C2)nn1. The lowest BCUT2D eigenvalue weighted by Gasteiger charge is -2.31. The number of hydrogen-bond donors (Lipinski definition) is 2. The fraction of sp³-hybridized carbons (Fsp3) is 0.667. The molecule has 6 heteroatoms. The van der Waals surface area contributed by atoms with E-state index in [-0.39, 0.29) is 12.0 Å². The first-order chi connectivity index (χ1) is 7.08. The Morgan fingerprint density at radius 3 is 2.80 bits per heavy atom. The lowest BCUT2D eigenvalue weighted by molar-refractivity contribution is -0.146. The van der Waals surface area contributed by atoms with Crippen molar-refractivity contribution in [3.63, 3.8) is 0 Å². The quantitative estimate of drug-likeness (QED) is 0.754. The van der Waals surface area contributed by atoms with E-state index in [1.807, 2.05) is 0 Å². The standard InChI is InChI=1S/C9H13N3O3/c1-5(13)8-4-12(11-10-8)7-2-6(3-7)9(14)15/h4-7,13H,2-3H2,1H3,(H,14,15). The van der Waals surface area contributed by atoms with Gasteiger partial charge in [0.2, 0.25) is 0 Å². The van der Waals surface area contributed by atoms with E-state index in [2.05, 4.69) is 10.3 Å². The van der Waals surface area contributed by atoms with Crippen molar-refractivity contribution in [2.45, 2.75) is 31.9 Å². The molecule has 1 aromatic heterocycles. The summed E-state index contributed by atoms with van der Waals surface area (Å²) in [4.78, 5) is 10.6. The minimum absolute atomic E-state index is 0.117. The third kappa shape index (κ3) is 1.85. The summed E-state index contributed by atoms with van der Waals surface area (Å²) in [5.41, 5.74) is 0.522. The number of aliphatic carboxylic acids is 1. The first kappa shape index (κ1) is 10.1. The summed E-state index contributed by atoms with van der Waals surface area (Å²) in [7, 11) is 0. The van der Waals surface area contributed by atoms with Crippen LogP contribution in [0.25, 0.3) is 0 Å². The van der Waals surface area contributed by atoms with Crippen LogP contribution in [-0.2, 0) is 4.79 Å². The Morgan fingerprint density at radius 2 is 2.33 bits per heavy atom. The van der Waals surface area contributed by atoms with Crippen LogP contribution in [0.4, 0.5) is 0 Å². The molecule has 1 aromatic rings. The van der Waals surface area contributed by atoms with Crippen molar-refractivity contribution in [2.24, 2.45) is 5.92 Å². The Bertz CT molecular complexity index is 368. The molecule has 1 fully saturated rings. The van der Waals surface area contributed by atoms with E-state index in [4.69, 9.17) is 5.11 Å². The van der Waals surface area contributed by atoms with Gasteiger partial charge in [0, 0.05) is 0 Å². The Hall–Kier alpha value is -1.43. The Labute approximate surface area is 86.5 Å². The highest BCUT2D eigenvalue weighted by Crippen LogP contribution is 2.37. The summed E-state index contributed by atoms with van der Waals surface area (Å²) >= 11 is 0. The molecule has 1 unspecified atom stereocenters. The van der Waals surface area contributed by atoms with E-state index < -0.39 is 12.1 Å². The minimum atomic E-state index is -0.748. The zero-order valence-corrected chi connectivity index (χ0v) is 8.37. The van der Waals surface area contributed by atoms with E-state index in [9.17, 15) is 9.90 Å². The molecular weight excluding hydrogens is 198 g/mol. The predicted molar refractivity (Wildman–Crippen MR) is 50.1 cm³/mol. The topological polar surface area (TPSA) is 88.2 Å². The van der Waals surface area contributed by atoms with Gasteiger partial charge in [-0.2, -0.15) is 0 Å². The zero-order valence-electron chi connectivity index (χ0n) is 8.37. The third-order valence-corrected chi connectivity index (χ3v) is 2.79. The second-order valence-electron chi connectivity index (χ2n) is 3.96. The molecule has 0 aliphatic heterocycles. The van der Waals surface area contributed by atoms with E-state index in [1.54, 1.807) is 17.8 Å². The summed E-state index contributed by atoms with van der Waals surface area (Å²) < 4.78 is 1.64. The number of aliphatic hydroxyl groups is 1. The number of rotatable bonds is 3. The predicted octanol–water partition coefficient (Wildman–Crippen LogP) is 0.367. The molecule has 1 saturated carbocycles. The molecule has 6 nitrogen and oxygen atoms in total. The van der Waals surface area contributed by atoms with Gasteiger partial charge in [-0.1, -0.05) is 5.21 Å². The summed E-state index contributed by atoms with van der Waals surface area (Å²) in [6.45, 7) is 1.62. The fourth-order valence-electron chi connectivity index (χ4n) is 1.67. The van der Waals surface area contributed by atoms with Gasteiger partial charge in [0.05, 0.1) is 24.3 Å². The summed E-state index contributed by atoms with van der Waals surface area (Å²) in [5, 5.41) is 25.6. The van der Waals surface area contributed by atoms with E-state index in [0.29, 0.717) is 18.5 Å². The van der Waals surface area contributed by atoms with Gasteiger partial charge in [0.1, 0.15) is 5.69 Å². The maximum Gasteiger partial charge on any atom is 0.306 e. The van der Waals surface area contributed by atoms with Crippen LogP contribution in [0, 0.1) is 5.92 Å². The highest BCUT2D eigenvalue weighted by Gasteiger charge is 2.36. The molecule has 1 atom stereocenters. The van der Waals surface area contributed by atoms with Crippen LogP contribution in [0.1, 0.15) is 37.6 Å². The molecule has 2 N–H and O–H groups in total. The molecule has 0 saturated heterocycles. The van der Waals surface area contributed by atoms with Crippen LogP contribution in [0.5, 0.6) is 0 Å². The van der Waals surface area contributed by atoms with Gasteiger partial charge in [0.15, 0.2) is 0 Å². The highest BCUT2D eigenvalue weighted by atomic mass is 16.4. The molecular formula is C9H13N3O3. The maximum atomic E-state index is 10.6. The molecule has 0 aromatic carbocycles. The van der Waals surface area contributed by atoms with Crippen molar-refractivity contribution in [3.05, 3.63) is 11.9 Å². The number of aliphatic hydroxyl groups excluding tert-OH is 1. The van der Waals surface area contributed by atoms with Gasteiger partial charge in [-0.05, 0) is 19.8 Å². The molecule has 2 rings (SSSR count). The number of aromatic nitrogens is 3. The monoisotopic (exact) mass is 211 g/mol. The minimum Gasteiger partial charge on any atom is -0.481 e. The third-order valence-electron chi connectivity index (χ3n) is 2.79. The van der Waals surface area contributed by atoms with Crippen LogP contribution >= 0.6 is 0 Å². The normalized spacial score (nSPS) is 27.1. The van der Waals surface area contributed by atoms with Crippen LogP contribution in [0.3, 0.4) is 0 Å². The van der Waals surface area contributed by atoms with Crippen molar-refractivity contribution in [1.82, 2.24) is 15.0 Å². The first-order valence-electron chi connectivity index (χ1n) is 4.90. The molecule has 0 spiro atoms. The van der Waals surface area contributed by atoms with Gasteiger partial charge in [-0.25, -0.2) is 4.68 Å². The zero-order chi connectivity index (χ0) is 11.0. The van der Waals surface area contributed by atoms with Gasteiger partial charge in [0.25, 0.3) is 0 Å². The average molecular weight is 211 g/mol. The molecule has 0 radical (unpaired) electrons. The second-order valence-corrected chi connectivity index (χ2v) is 3.96. The number of carboxylic acid groups (broad SMARTS) is 1. The highest BCUT2D eigenvalue weighted by molar-refractivity contribution is 5.71. The smallest absolute Gasteiger partial charge is 0.306 e. The van der Waals surface area contributed by atoms with Gasteiger partial charge < -0.3 is 10.2 Å². The molecule has 1 aliphatic rings. The van der Waals surface area contributed by atoms with Crippen LogP contribution in [-0.4, -0.2) is 31.2 Å². The van der Waals surface area contributed by atoms with Crippen molar-refractivity contribution in [3.8, 4) is 0 Å². The molecule has 0 amide bonds. The Balaban J connectivity index is 1.98. The fourth-order valence-corrected chi connectivity index (χ4v) is 1.67. The van der Waals surface area contributed by atoms with Crippen LogP contribution < -0.4 is 0 Å². The van der Waals surface area contributed by atoms with Gasteiger partial charge >= 0.3 is 5.97 Å². The van der Waals surface area contributed by atoms with Crippen molar-refractivity contribution >= 4 is 5.97 Å². The Morgan fingerprint density at radius 1 is 1.67 bits per heavy atom. The number of hydrogen-bond acceptors (Lipinski definition) is 4. The molecule has 1 aliphatic carbocycles. The second kappa shape index (κ2) is 3.62. The van der Waals surface area contributed by atoms with E-state index in [1.165, 1.54) is 0 Å².